The van der Waals surface area contributed by atoms with Gasteiger partial charge in [0.25, 0.3) is 0 Å². The topological polar surface area (TPSA) is 38.8 Å². The summed E-state index contributed by atoms with van der Waals surface area (Å²) < 4.78 is 11.8. The third-order valence-electron chi connectivity index (χ3n) is 5.00. The maximum absolute atomic E-state index is 12.7. The number of carbonyl (C=O) groups is 1. The Morgan fingerprint density at radius 3 is 3.00 bits per heavy atom. The van der Waals surface area contributed by atoms with E-state index in [0.717, 1.165) is 63.3 Å². The number of hydrogen-bond donors (Lipinski definition) is 0. The molecule has 5 heteroatoms. The number of likely N-dealkylation sites (tertiary alicyclic amines) is 1. The van der Waals surface area contributed by atoms with Crippen LogP contribution in [0, 0.1) is 5.92 Å². The number of ether oxygens (including phenoxy) is 2. The predicted octanol–water partition coefficient (Wildman–Crippen LogP) is 2.32. The Morgan fingerprint density at radius 2 is 2.24 bits per heavy atom. The lowest BCUT2D eigenvalue weighted by Crippen LogP contribution is -2.52. The van der Waals surface area contributed by atoms with E-state index in [-0.39, 0.29) is 17.6 Å². The van der Waals surface area contributed by atoms with Gasteiger partial charge in [0.2, 0.25) is 5.91 Å². The number of amides is 1. The van der Waals surface area contributed by atoms with Crippen LogP contribution in [0.2, 0.25) is 0 Å². The molecule has 0 N–H and O–H groups in total. The highest BCUT2D eigenvalue weighted by Gasteiger charge is 2.45. The molecule has 0 bridgehead atoms. The number of piperidine rings is 1. The SMILES string of the molecule is CCO[C@H]1CO[C@@]2(CCCN(C(=O)C3CCSCC3)C2)C1. The number of rotatable bonds is 3. The van der Waals surface area contributed by atoms with Crippen LogP contribution in [-0.2, 0) is 14.3 Å². The van der Waals surface area contributed by atoms with Gasteiger partial charge in [0.05, 0.1) is 18.3 Å². The van der Waals surface area contributed by atoms with E-state index in [2.05, 4.69) is 4.90 Å². The summed E-state index contributed by atoms with van der Waals surface area (Å²) in [5.41, 5.74) is -0.128. The van der Waals surface area contributed by atoms with Gasteiger partial charge in [0.15, 0.2) is 0 Å². The fourth-order valence-electron chi connectivity index (χ4n) is 3.92. The molecular formula is C16H27NO3S. The lowest BCUT2D eigenvalue weighted by Gasteiger charge is -2.41. The largest absolute Gasteiger partial charge is 0.376 e. The molecule has 3 rings (SSSR count). The molecule has 3 aliphatic rings. The summed E-state index contributed by atoms with van der Waals surface area (Å²) >= 11 is 1.98. The van der Waals surface area contributed by atoms with Crippen molar-refractivity contribution < 1.29 is 14.3 Å². The summed E-state index contributed by atoms with van der Waals surface area (Å²) in [6, 6.07) is 0. The summed E-state index contributed by atoms with van der Waals surface area (Å²) in [5, 5.41) is 0. The van der Waals surface area contributed by atoms with E-state index in [0.29, 0.717) is 12.5 Å². The molecule has 1 spiro atoms. The second-order valence-electron chi connectivity index (χ2n) is 6.53. The van der Waals surface area contributed by atoms with Gasteiger partial charge in [0, 0.05) is 32.0 Å². The summed E-state index contributed by atoms with van der Waals surface area (Å²) in [4.78, 5) is 14.8. The fourth-order valence-corrected chi connectivity index (χ4v) is 5.03. The minimum Gasteiger partial charge on any atom is -0.376 e. The molecule has 3 aliphatic heterocycles. The highest BCUT2D eigenvalue weighted by Crippen LogP contribution is 2.37. The van der Waals surface area contributed by atoms with Crippen LogP contribution in [0.1, 0.15) is 39.0 Å². The Hall–Kier alpha value is -0.260. The molecular weight excluding hydrogens is 286 g/mol. The van der Waals surface area contributed by atoms with Crippen molar-refractivity contribution in [2.75, 3.05) is 37.8 Å². The van der Waals surface area contributed by atoms with Crippen molar-refractivity contribution in [2.24, 2.45) is 5.92 Å². The van der Waals surface area contributed by atoms with E-state index in [4.69, 9.17) is 9.47 Å². The predicted molar refractivity (Wildman–Crippen MR) is 84.6 cm³/mol. The van der Waals surface area contributed by atoms with Crippen molar-refractivity contribution in [3.8, 4) is 0 Å². The molecule has 2 atom stereocenters. The van der Waals surface area contributed by atoms with E-state index in [9.17, 15) is 4.79 Å². The Balaban J connectivity index is 1.59. The smallest absolute Gasteiger partial charge is 0.225 e. The second-order valence-corrected chi connectivity index (χ2v) is 7.75. The van der Waals surface area contributed by atoms with Crippen LogP contribution in [0.25, 0.3) is 0 Å². The van der Waals surface area contributed by atoms with Gasteiger partial charge in [-0.3, -0.25) is 4.79 Å². The van der Waals surface area contributed by atoms with Gasteiger partial charge in [-0.05, 0) is 44.1 Å². The van der Waals surface area contributed by atoms with Crippen LogP contribution < -0.4 is 0 Å². The van der Waals surface area contributed by atoms with E-state index in [1.165, 1.54) is 0 Å². The highest BCUT2D eigenvalue weighted by molar-refractivity contribution is 7.99. The zero-order valence-corrected chi connectivity index (χ0v) is 13.8. The van der Waals surface area contributed by atoms with E-state index in [1.807, 2.05) is 18.7 Å². The van der Waals surface area contributed by atoms with Gasteiger partial charge in [-0.1, -0.05) is 0 Å². The molecule has 3 saturated heterocycles. The average molecular weight is 313 g/mol. The first kappa shape index (κ1) is 15.6. The Bertz CT molecular complexity index is 373. The third-order valence-corrected chi connectivity index (χ3v) is 6.05. The van der Waals surface area contributed by atoms with Crippen molar-refractivity contribution in [2.45, 2.75) is 50.7 Å². The van der Waals surface area contributed by atoms with Crippen LogP contribution in [0.5, 0.6) is 0 Å². The van der Waals surface area contributed by atoms with E-state index < -0.39 is 0 Å². The third kappa shape index (κ3) is 3.57. The quantitative estimate of drug-likeness (QED) is 0.801. The van der Waals surface area contributed by atoms with Crippen LogP contribution in [0.3, 0.4) is 0 Å². The zero-order valence-electron chi connectivity index (χ0n) is 13.0. The monoisotopic (exact) mass is 313 g/mol. The van der Waals surface area contributed by atoms with E-state index in [1.54, 1.807) is 0 Å². The average Bonchev–Trinajstić information content (AvgIpc) is 2.90. The number of thioether (sulfide) groups is 1. The lowest BCUT2D eigenvalue weighted by atomic mass is 9.88. The molecule has 0 aromatic heterocycles. The first-order valence-electron chi connectivity index (χ1n) is 8.34. The van der Waals surface area contributed by atoms with Gasteiger partial charge < -0.3 is 14.4 Å². The summed E-state index contributed by atoms with van der Waals surface area (Å²) in [5.74, 6) is 2.90. The molecule has 21 heavy (non-hydrogen) atoms. The first-order chi connectivity index (χ1) is 10.2. The first-order valence-corrected chi connectivity index (χ1v) is 9.50. The maximum Gasteiger partial charge on any atom is 0.225 e. The van der Waals surface area contributed by atoms with Crippen molar-refractivity contribution >= 4 is 17.7 Å². The molecule has 0 aromatic carbocycles. The molecule has 3 heterocycles. The van der Waals surface area contributed by atoms with Crippen LogP contribution in [0.15, 0.2) is 0 Å². The summed E-state index contributed by atoms with van der Waals surface area (Å²) in [6.07, 6.45) is 5.40. The minimum absolute atomic E-state index is 0.128. The van der Waals surface area contributed by atoms with Crippen LogP contribution >= 0.6 is 11.8 Å². The summed E-state index contributed by atoms with van der Waals surface area (Å²) in [6.45, 7) is 5.15. The van der Waals surface area contributed by atoms with E-state index >= 15 is 0 Å². The highest BCUT2D eigenvalue weighted by atomic mass is 32.2. The van der Waals surface area contributed by atoms with Gasteiger partial charge in [0.1, 0.15) is 0 Å². The fraction of sp³-hybridized carbons (Fsp3) is 0.938. The van der Waals surface area contributed by atoms with Gasteiger partial charge in [-0.25, -0.2) is 0 Å². The number of nitrogens with zero attached hydrogens (tertiary/aromatic N) is 1. The van der Waals surface area contributed by atoms with Crippen LogP contribution in [0.4, 0.5) is 0 Å². The van der Waals surface area contributed by atoms with Crippen LogP contribution in [-0.4, -0.2) is 60.3 Å². The van der Waals surface area contributed by atoms with Gasteiger partial charge >= 0.3 is 0 Å². The summed E-state index contributed by atoms with van der Waals surface area (Å²) in [7, 11) is 0. The standard InChI is InChI=1S/C16H27NO3S/c1-2-19-14-10-16(20-11-14)6-3-7-17(12-16)15(18)13-4-8-21-9-5-13/h13-14H,2-12H2,1H3/t14-,16+/m1/s1. The Morgan fingerprint density at radius 1 is 1.43 bits per heavy atom. The maximum atomic E-state index is 12.7. The molecule has 4 nitrogen and oxygen atoms in total. The second kappa shape index (κ2) is 6.88. The normalized spacial score (nSPS) is 34.5. The molecule has 0 aliphatic carbocycles. The molecule has 120 valence electrons. The van der Waals surface area contributed by atoms with Crippen molar-refractivity contribution in [1.29, 1.82) is 0 Å². The van der Waals surface area contributed by atoms with Gasteiger partial charge in [-0.2, -0.15) is 11.8 Å². The van der Waals surface area contributed by atoms with Crippen molar-refractivity contribution in [3.63, 3.8) is 0 Å². The number of hydrogen-bond acceptors (Lipinski definition) is 4. The molecule has 0 unspecified atom stereocenters. The van der Waals surface area contributed by atoms with Crippen molar-refractivity contribution in [3.05, 3.63) is 0 Å². The molecule has 3 fully saturated rings. The molecule has 1 amide bonds. The molecule has 0 saturated carbocycles. The molecule has 0 radical (unpaired) electrons. The van der Waals surface area contributed by atoms with Crippen molar-refractivity contribution in [1.82, 2.24) is 4.90 Å². The minimum atomic E-state index is -0.128. The molecule has 0 aromatic rings. The van der Waals surface area contributed by atoms with Gasteiger partial charge in [-0.15, -0.1) is 0 Å². The Kier molecular flexibility index (Phi) is 5.12. The zero-order chi connectivity index (χ0) is 14.7. The Labute approximate surface area is 131 Å². The number of carbonyl (C=O) groups excluding carboxylic acids is 1. The lowest BCUT2D eigenvalue weighted by molar-refractivity contribution is -0.143.